The lowest BCUT2D eigenvalue weighted by atomic mass is 10.1. The summed E-state index contributed by atoms with van der Waals surface area (Å²) in [5.41, 5.74) is -1.10. The molecule has 2 aromatic heterocycles. The van der Waals surface area contributed by atoms with Gasteiger partial charge in [0.15, 0.2) is 0 Å². The number of nitrogens with zero attached hydrogens (tertiary/aromatic N) is 5. The van der Waals surface area contributed by atoms with Gasteiger partial charge in [-0.05, 0) is 25.2 Å². The van der Waals surface area contributed by atoms with E-state index in [1.807, 2.05) is 7.05 Å². The van der Waals surface area contributed by atoms with Gasteiger partial charge >= 0.3 is 6.18 Å². The molecule has 0 unspecified atom stereocenters. The first-order valence-corrected chi connectivity index (χ1v) is 9.80. The van der Waals surface area contributed by atoms with Crippen molar-refractivity contribution in [3.63, 3.8) is 0 Å². The molecule has 3 rings (SSSR count). The number of hydrogen-bond donors (Lipinski definition) is 0. The third kappa shape index (κ3) is 5.05. The average molecular weight is 421 g/mol. The zero-order chi connectivity index (χ0) is 21.0. The molecule has 1 aliphatic rings. The standard InChI is InChI=1S/C19H18F3N5OS/c1-26-6-8-27(9-7-26)17(28)12-29-18-14(11-23)15(19(20,21)22)10-16(25-18)13-2-4-24-5-3-13/h2-5,10H,6-9,12H2,1H3. The molecule has 152 valence electrons. The van der Waals surface area contributed by atoms with Crippen molar-refractivity contribution in [1.82, 2.24) is 19.8 Å². The monoisotopic (exact) mass is 421 g/mol. The first-order chi connectivity index (χ1) is 13.8. The van der Waals surface area contributed by atoms with Crippen molar-refractivity contribution >= 4 is 17.7 Å². The Morgan fingerprint density at radius 3 is 2.48 bits per heavy atom. The SMILES string of the molecule is CN1CCN(C(=O)CSc2nc(-c3ccncc3)cc(C(F)(F)F)c2C#N)CC1. The highest BCUT2D eigenvalue weighted by atomic mass is 32.2. The Labute approximate surface area is 170 Å². The molecule has 0 aliphatic carbocycles. The Kier molecular flexibility index (Phi) is 6.39. The second-order valence-corrected chi connectivity index (χ2v) is 7.52. The molecule has 6 nitrogen and oxygen atoms in total. The summed E-state index contributed by atoms with van der Waals surface area (Å²) in [6.07, 6.45) is -1.81. The van der Waals surface area contributed by atoms with Gasteiger partial charge in [-0.3, -0.25) is 9.78 Å². The van der Waals surface area contributed by atoms with Crippen molar-refractivity contribution in [2.75, 3.05) is 39.0 Å². The number of amides is 1. The Hall–Kier alpha value is -2.64. The second-order valence-electron chi connectivity index (χ2n) is 6.55. The van der Waals surface area contributed by atoms with Gasteiger partial charge in [0.2, 0.25) is 5.91 Å². The van der Waals surface area contributed by atoms with E-state index in [0.29, 0.717) is 18.7 Å². The lowest BCUT2D eigenvalue weighted by molar-refractivity contribution is -0.138. The molecule has 1 amide bonds. The predicted molar refractivity (Wildman–Crippen MR) is 102 cm³/mol. The molecule has 0 atom stereocenters. The summed E-state index contributed by atoms with van der Waals surface area (Å²) >= 11 is 0.859. The summed E-state index contributed by atoms with van der Waals surface area (Å²) in [5, 5.41) is 9.25. The summed E-state index contributed by atoms with van der Waals surface area (Å²) in [7, 11) is 1.96. The number of carbonyl (C=O) groups is 1. The minimum absolute atomic E-state index is 0.0771. The molecule has 29 heavy (non-hydrogen) atoms. The fraction of sp³-hybridized carbons (Fsp3) is 0.368. The fourth-order valence-corrected chi connectivity index (χ4v) is 3.81. The van der Waals surface area contributed by atoms with E-state index >= 15 is 0 Å². The quantitative estimate of drug-likeness (QED) is 0.707. The number of aromatic nitrogens is 2. The first-order valence-electron chi connectivity index (χ1n) is 8.81. The van der Waals surface area contributed by atoms with Gasteiger partial charge in [-0.2, -0.15) is 18.4 Å². The minimum Gasteiger partial charge on any atom is -0.339 e. The molecule has 3 heterocycles. The topological polar surface area (TPSA) is 73.1 Å². The van der Waals surface area contributed by atoms with Gasteiger partial charge in [-0.15, -0.1) is 0 Å². The summed E-state index contributed by atoms with van der Waals surface area (Å²) < 4.78 is 40.7. The summed E-state index contributed by atoms with van der Waals surface area (Å²) in [6, 6.07) is 5.55. The summed E-state index contributed by atoms with van der Waals surface area (Å²) in [6.45, 7) is 2.63. The second kappa shape index (κ2) is 8.80. The van der Waals surface area contributed by atoms with Gasteiger partial charge in [0.05, 0.1) is 22.6 Å². The van der Waals surface area contributed by atoms with Crippen LogP contribution in [0.25, 0.3) is 11.3 Å². The highest BCUT2D eigenvalue weighted by Gasteiger charge is 2.36. The van der Waals surface area contributed by atoms with Gasteiger partial charge in [0.1, 0.15) is 11.1 Å². The van der Waals surface area contributed by atoms with Crippen molar-refractivity contribution < 1.29 is 18.0 Å². The van der Waals surface area contributed by atoms with Gasteiger partial charge in [0, 0.05) is 44.1 Å². The zero-order valence-electron chi connectivity index (χ0n) is 15.6. The van der Waals surface area contributed by atoms with Crippen LogP contribution in [0.2, 0.25) is 0 Å². The number of carbonyl (C=O) groups excluding carboxylic acids is 1. The van der Waals surface area contributed by atoms with E-state index in [4.69, 9.17) is 0 Å². The minimum atomic E-state index is -4.72. The highest BCUT2D eigenvalue weighted by Crippen LogP contribution is 2.37. The van der Waals surface area contributed by atoms with Crippen LogP contribution in [-0.4, -0.2) is 64.7 Å². The van der Waals surface area contributed by atoms with Gasteiger partial charge in [0.25, 0.3) is 0 Å². The maximum absolute atomic E-state index is 13.6. The van der Waals surface area contributed by atoms with Crippen LogP contribution in [0.15, 0.2) is 35.6 Å². The predicted octanol–water partition coefficient (Wildman–Crippen LogP) is 2.90. The molecule has 1 fully saturated rings. The molecule has 10 heteroatoms. The van der Waals surface area contributed by atoms with Crippen LogP contribution in [-0.2, 0) is 11.0 Å². The van der Waals surface area contributed by atoms with E-state index in [-0.39, 0.29) is 22.4 Å². The molecule has 1 aliphatic heterocycles. The number of thioether (sulfide) groups is 1. The number of alkyl halides is 3. The van der Waals surface area contributed by atoms with Crippen molar-refractivity contribution in [1.29, 1.82) is 5.26 Å². The van der Waals surface area contributed by atoms with Crippen LogP contribution in [0.5, 0.6) is 0 Å². The van der Waals surface area contributed by atoms with E-state index in [2.05, 4.69) is 14.9 Å². The molecule has 0 aromatic carbocycles. The third-order valence-electron chi connectivity index (χ3n) is 4.57. The number of nitriles is 1. The van der Waals surface area contributed by atoms with Crippen LogP contribution in [0.1, 0.15) is 11.1 Å². The summed E-state index contributed by atoms with van der Waals surface area (Å²) in [5.74, 6) is -0.265. The fourth-order valence-electron chi connectivity index (χ4n) is 2.91. The molecule has 0 bridgehead atoms. The molecule has 0 saturated carbocycles. The Morgan fingerprint density at radius 1 is 1.24 bits per heavy atom. The number of piperazine rings is 1. The Balaban J connectivity index is 1.90. The van der Waals surface area contributed by atoms with Crippen molar-refractivity contribution in [3.8, 4) is 17.3 Å². The molecule has 0 radical (unpaired) electrons. The lowest BCUT2D eigenvalue weighted by Gasteiger charge is -2.32. The number of pyridine rings is 2. The van der Waals surface area contributed by atoms with E-state index in [1.54, 1.807) is 23.1 Å². The number of rotatable bonds is 4. The molecule has 0 spiro atoms. The zero-order valence-corrected chi connectivity index (χ0v) is 16.4. The maximum Gasteiger partial charge on any atom is 0.417 e. The number of likely N-dealkylation sites (N-methyl/N-ethyl adjacent to an activating group) is 1. The molecule has 2 aromatic rings. The highest BCUT2D eigenvalue weighted by molar-refractivity contribution is 8.00. The molecular formula is C19H18F3N5OS. The Morgan fingerprint density at radius 2 is 1.90 bits per heavy atom. The average Bonchev–Trinajstić information content (AvgIpc) is 2.71. The normalized spacial score (nSPS) is 15.2. The molecule has 1 saturated heterocycles. The van der Waals surface area contributed by atoms with E-state index in [1.165, 1.54) is 12.4 Å². The first kappa shape index (κ1) is 21.1. The van der Waals surface area contributed by atoms with E-state index in [0.717, 1.165) is 30.9 Å². The molecular weight excluding hydrogens is 403 g/mol. The third-order valence-corrected chi connectivity index (χ3v) is 5.53. The lowest BCUT2D eigenvalue weighted by Crippen LogP contribution is -2.47. The van der Waals surface area contributed by atoms with Crippen LogP contribution >= 0.6 is 11.8 Å². The maximum atomic E-state index is 13.6. The van der Waals surface area contributed by atoms with Crippen molar-refractivity contribution in [2.24, 2.45) is 0 Å². The largest absolute Gasteiger partial charge is 0.417 e. The van der Waals surface area contributed by atoms with Crippen molar-refractivity contribution in [2.45, 2.75) is 11.2 Å². The Bertz CT molecular complexity index is 922. The summed E-state index contributed by atoms with van der Waals surface area (Å²) in [4.78, 5) is 24.3. The van der Waals surface area contributed by atoms with Crippen LogP contribution in [0, 0.1) is 11.3 Å². The van der Waals surface area contributed by atoms with Crippen molar-refractivity contribution in [3.05, 3.63) is 41.7 Å². The van der Waals surface area contributed by atoms with Crippen LogP contribution in [0.3, 0.4) is 0 Å². The smallest absolute Gasteiger partial charge is 0.339 e. The van der Waals surface area contributed by atoms with Gasteiger partial charge in [-0.25, -0.2) is 4.98 Å². The van der Waals surface area contributed by atoms with E-state index < -0.39 is 17.3 Å². The molecule has 0 N–H and O–H groups in total. The van der Waals surface area contributed by atoms with Crippen LogP contribution < -0.4 is 0 Å². The number of hydrogen-bond acceptors (Lipinski definition) is 6. The van der Waals surface area contributed by atoms with Gasteiger partial charge < -0.3 is 9.80 Å². The number of halogens is 3. The van der Waals surface area contributed by atoms with Crippen LogP contribution in [0.4, 0.5) is 13.2 Å². The van der Waals surface area contributed by atoms with Gasteiger partial charge in [-0.1, -0.05) is 11.8 Å². The van der Waals surface area contributed by atoms with E-state index in [9.17, 15) is 23.2 Å².